The molecular formula is C17H28N2O2. The maximum atomic E-state index is 5.55. The molecule has 0 amide bonds. The summed E-state index contributed by atoms with van der Waals surface area (Å²) in [5, 5.41) is 3.58. The Kier molecular flexibility index (Phi) is 5.88. The molecule has 1 saturated heterocycles. The highest BCUT2D eigenvalue weighted by Gasteiger charge is 2.23. The lowest BCUT2D eigenvalue weighted by Crippen LogP contribution is -2.38. The molecule has 21 heavy (non-hydrogen) atoms. The third-order valence-corrected chi connectivity index (χ3v) is 4.46. The van der Waals surface area contributed by atoms with Crippen molar-refractivity contribution in [3.8, 4) is 11.5 Å². The third kappa shape index (κ3) is 3.89. The molecule has 4 heteroatoms. The molecule has 1 fully saturated rings. The van der Waals surface area contributed by atoms with Crippen LogP contribution in [0.4, 0.5) is 0 Å². The second-order valence-electron chi connectivity index (χ2n) is 5.66. The quantitative estimate of drug-likeness (QED) is 0.838. The standard InChI is InChI=1S/C17H28N2O2/c1-5-19(12-14-7-6-10-18-14)13(2)16-9-8-15(20-3)11-17(16)21-4/h8-9,11,13-14,18H,5-7,10,12H2,1-4H3. The molecule has 0 aromatic heterocycles. The van der Waals surface area contributed by atoms with Crippen LogP contribution in [0, 0.1) is 0 Å². The number of methoxy groups -OCH3 is 2. The zero-order valence-corrected chi connectivity index (χ0v) is 13.7. The molecule has 1 aliphatic heterocycles. The molecule has 118 valence electrons. The first-order valence-electron chi connectivity index (χ1n) is 7.89. The zero-order valence-electron chi connectivity index (χ0n) is 13.7. The molecule has 0 aliphatic carbocycles. The largest absolute Gasteiger partial charge is 0.497 e. The minimum Gasteiger partial charge on any atom is -0.497 e. The Hall–Kier alpha value is -1.26. The number of ether oxygens (including phenoxy) is 2. The van der Waals surface area contributed by atoms with E-state index in [1.807, 2.05) is 12.1 Å². The molecule has 4 nitrogen and oxygen atoms in total. The minimum absolute atomic E-state index is 0.332. The topological polar surface area (TPSA) is 33.7 Å². The Labute approximate surface area is 128 Å². The van der Waals surface area contributed by atoms with E-state index in [0.29, 0.717) is 12.1 Å². The number of nitrogens with one attached hydrogen (secondary N) is 1. The van der Waals surface area contributed by atoms with Crippen molar-refractivity contribution >= 4 is 0 Å². The Morgan fingerprint density at radius 3 is 2.71 bits per heavy atom. The van der Waals surface area contributed by atoms with Crippen LogP contribution in [0.25, 0.3) is 0 Å². The highest BCUT2D eigenvalue weighted by molar-refractivity contribution is 5.42. The van der Waals surface area contributed by atoms with Crippen molar-refractivity contribution < 1.29 is 9.47 Å². The van der Waals surface area contributed by atoms with Crippen molar-refractivity contribution in [3.05, 3.63) is 23.8 Å². The highest BCUT2D eigenvalue weighted by Crippen LogP contribution is 2.32. The SMILES string of the molecule is CCN(CC1CCCN1)C(C)c1ccc(OC)cc1OC. The fourth-order valence-corrected chi connectivity index (χ4v) is 3.12. The summed E-state index contributed by atoms with van der Waals surface area (Å²) in [5.74, 6) is 1.74. The lowest BCUT2D eigenvalue weighted by molar-refractivity contribution is 0.199. The van der Waals surface area contributed by atoms with Gasteiger partial charge in [0.05, 0.1) is 14.2 Å². The smallest absolute Gasteiger partial charge is 0.127 e. The van der Waals surface area contributed by atoms with Gasteiger partial charge in [0.1, 0.15) is 11.5 Å². The van der Waals surface area contributed by atoms with Gasteiger partial charge in [0.2, 0.25) is 0 Å². The zero-order chi connectivity index (χ0) is 15.2. The van der Waals surface area contributed by atoms with Gasteiger partial charge in [-0.3, -0.25) is 4.90 Å². The molecule has 0 saturated carbocycles. The van der Waals surface area contributed by atoms with E-state index < -0.39 is 0 Å². The van der Waals surface area contributed by atoms with Crippen LogP contribution in [-0.4, -0.2) is 44.8 Å². The molecule has 2 unspecified atom stereocenters. The normalized spacial score (nSPS) is 19.8. The van der Waals surface area contributed by atoms with Crippen molar-refractivity contribution in [3.63, 3.8) is 0 Å². The van der Waals surface area contributed by atoms with Gasteiger partial charge in [0, 0.05) is 30.3 Å². The minimum atomic E-state index is 0.332. The van der Waals surface area contributed by atoms with E-state index in [1.165, 1.54) is 18.4 Å². The van der Waals surface area contributed by atoms with E-state index in [0.717, 1.165) is 31.1 Å². The molecule has 1 aromatic rings. The number of rotatable bonds is 7. The summed E-state index contributed by atoms with van der Waals surface area (Å²) in [5.41, 5.74) is 1.22. The van der Waals surface area contributed by atoms with E-state index in [-0.39, 0.29) is 0 Å². The van der Waals surface area contributed by atoms with Gasteiger partial charge < -0.3 is 14.8 Å². The maximum absolute atomic E-state index is 5.55. The molecule has 1 N–H and O–H groups in total. The molecule has 2 rings (SSSR count). The van der Waals surface area contributed by atoms with Crippen LogP contribution in [0.3, 0.4) is 0 Å². The summed E-state index contributed by atoms with van der Waals surface area (Å²) in [6.07, 6.45) is 2.57. The van der Waals surface area contributed by atoms with E-state index in [2.05, 4.69) is 30.1 Å². The summed E-state index contributed by atoms with van der Waals surface area (Å²) in [4.78, 5) is 2.51. The van der Waals surface area contributed by atoms with Crippen LogP contribution in [0.15, 0.2) is 18.2 Å². The van der Waals surface area contributed by atoms with Gasteiger partial charge in [-0.2, -0.15) is 0 Å². The number of hydrogen-bond acceptors (Lipinski definition) is 4. The van der Waals surface area contributed by atoms with Gasteiger partial charge in [0.25, 0.3) is 0 Å². The molecule has 1 aromatic carbocycles. The molecular weight excluding hydrogens is 264 g/mol. The molecule has 0 bridgehead atoms. The van der Waals surface area contributed by atoms with Crippen molar-refractivity contribution in [1.82, 2.24) is 10.2 Å². The summed E-state index contributed by atoms with van der Waals surface area (Å²) in [6.45, 7) is 7.76. The van der Waals surface area contributed by atoms with Crippen molar-refractivity contribution in [2.45, 2.75) is 38.8 Å². The molecule has 1 heterocycles. The van der Waals surface area contributed by atoms with Crippen LogP contribution in [-0.2, 0) is 0 Å². The fourth-order valence-electron chi connectivity index (χ4n) is 3.12. The first kappa shape index (κ1) is 16.1. The van der Waals surface area contributed by atoms with Gasteiger partial charge in [0.15, 0.2) is 0 Å². The fraction of sp³-hybridized carbons (Fsp3) is 0.647. The van der Waals surface area contributed by atoms with Crippen molar-refractivity contribution in [2.75, 3.05) is 33.9 Å². The van der Waals surface area contributed by atoms with Crippen molar-refractivity contribution in [1.29, 1.82) is 0 Å². The highest BCUT2D eigenvalue weighted by atomic mass is 16.5. The van der Waals surface area contributed by atoms with Gasteiger partial charge >= 0.3 is 0 Å². The maximum Gasteiger partial charge on any atom is 0.127 e. The molecule has 1 aliphatic rings. The second-order valence-corrected chi connectivity index (χ2v) is 5.66. The number of benzene rings is 1. The summed E-state index contributed by atoms with van der Waals surface area (Å²) in [6, 6.07) is 7.05. The lowest BCUT2D eigenvalue weighted by atomic mass is 10.0. The van der Waals surface area contributed by atoms with E-state index >= 15 is 0 Å². The summed E-state index contributed by atoms with van der Waals surface area (Å²) < 4.78 is 10.8. The van der Waals surface area contributed by atoms with Crippen LogP contribution in [0.2, 0.25) is 0 Å². The van der Waals surface area contributed by atoms with Gasteiger partial charge in [-0.15, -0.1) is 0 Å². The number of likely N-dealkylation sites (N-methyl/N-ethyl adjacent to an activating group) is 1. The first-order valence-corrected chi connectivity index (χ1v) is 7.89. The monoisotopic (exact) mass is 292 g/mol. The Morgan fingerprint density at radius 2 is 2.14 bits per heavy atom. The number of hydrogen-bond donors (Lipinski definition) is 1. The Bertz CT molecular complexity index is 444. The Balaban J connectivity index is 2.13. The van der Waals surface area contributed by atoms with Gasteiger partial charge in [-0.1, -0.05) is 13.0 Å². The third-order valence-electron chi connectivity index (χ3n) is 4.46. The van der Waals surface area contributed by atoms with E-state index in [4.69, 9.17) is 9.47 Å². The Morgan fingerprint density at radius 1 is 1.33 bits per heavy atom. The summed E-state index contributed by atoms with van der Waals surface area (Å²) >= 11 is 0. The second kappa shape index (κ2) is 7.66. The molecule has 2 atom stereocenters. The predicted octanol–water partition coefficient (Wildman–Crippen LogP) is 2.84. The molecule has 0 spiro atoms. The predicted molar refractivity (Wildman–Crippen MR) is 86.2 cm³/mol. The van der Waals surface area contributed by atoms with Crippen LogP contribution < -0.4 is 14.8 Å². The van der Waals surface area contributed by atoms with E-state index in [1.54, 1.807) is 14.2 Å². The first-order chi connectivity index (χ1) is 10.2. The average molecular weight is 292 g/mol. The lowest BCUT2D eigenvalue weighted by Gasteiger charge is -2.31. The van der Waals surface area contributed by atoms with Crippen LogP contribution >= 0.6 is 0 Å². The van der Waals surface area contributed by atoms with Crippen LogP contribution in [0.5, 0.6) is 11.5 Å². The van der Waals surface area contributed by atoms with Crippen LogP contribution in [0.1, 0.15) is 38.3 Å². The van der Waals surface area contributed by atoms with Crippen molar-refractivity contribution in [2.24, 2.45) is 0 Å². The van der Waals surface area contributed by atoms with Gasteiger partial charge in [-0.05, 0) is 38.9 Å². The average Bonchev–Trinajstić information content (AvgIpc) is 3.04. The molecule has 0 radical (unpaired) electrons. The summed E-state index contributed by atoms with van der Waals surface area (Å²) in [7, 11) is 3.40. The number of nitrogens with zero attached hydrogens (tertiary/aromatic N) is 1. The van der Waals surface area contributed by atoms with Gasteiger partial charge in [-0.25, -0.2) is 0 Å². The van der Waals surface area contributed by atoms with E-state index in [9.17, 15) is 0 Å².